The van der Waals surface area contributed by atoms with Crippen molar-refractivity contribution in [2.24, 2.45) is 10.9 Å². The van der Waals surface area contributed by atoms with E-state index in [4.69, 9.17) is 10.9 Å². The first-order chi connectivity index (χ1) is 9.63. The van der Waals surface area contributed by atoms with E-state index in [1.807, 2.05) is 0 Å². The molecule has 1 aromatic heterocycles. The number of nitrogens with one attached hydrogen (secondary N) is 1. The Kier molecular flexibility index (Phi) is 4.31. The molecule has 2 rings (SSSR count). The van der Waals surface area contributed by atoms with Crippen molar-refractivity contribution in [2.75, 3.05) is 5.32 Å². The average Bonchev–Trinajstić information content (AvgIpc) is 2.47. The van der Waals surface area contributed by atoms with Gasteiger partial charge in [0.2, 0.25) is 0 Å². The standard InChI is InChI=1S/C13H11BrN4O2/c14-9-5-3-7-16-11(9)13(19)17-10-6-2-1-4-8(10)12(15)18-20/h1-7,20H,(H2,15,18)(H,17,19). The number of hydrogen-bond donors (Lipinski definition) is 3. The Hall–Kier alpha value is -2.41. The number of carbonyl (C=O) groups is 1. The number of rotatable bonds is 3. The summed E-state index contributed by atoms with van der Waals surface area (Å²) in [6, 6.07) is 10.2. The van der Waals surface area contributed by atoms with Gasteiger partial charge in [-0.1, -0.05) is 17.3 Å². The zero-order chi connectivity index (χ0) is 14.5. The van der Waals surface area contributed by atoms with Crippen LogP contribution >= 0.6 is 15.9 Å². The molecule has 0 bridgehead atoms. The number of para-hydroxylation sites is 1. The molecule has 0 spiro atoms. The van der Waals surface area contributed by atoms with Crippen molar-refractivity contribution in [3.63, 3.8) is 0 Å². The minimum atomic E-state index is -0.393. The zero-order valence-corrected chi connectivity index (χ0v) is 11.8. The molecule has 0 unspecified atom stereocenters. The molecule has 2 aromatic rings. The van der Waals surface area contributed by atoms with Crippen LogP contribution in [0.3, 0.4) is 0 Å². The van der Waals surface area contributed by atoms with E-state index in [0.717, 1.165) is 0 Å². The lowest BCUT2D eigenvalue weighted by atomic mass is 10.1. The van der Waals surface area contributed by atoms with Crippen molar-refractivity contribution in [1.82, 2.24) is 4.98 Å². The van der Waals surface area contributed by atoms with E-state index in [1.165, 1.54) is 6.20 Å². The molecular weight excluding hydrogens is 324 g/mol. The van der Waals surface area contributed by atoms with Gasteiger partial charge in [-0.2, -0.15) is 0 Å². The number of anilines is 1. The predicted octanol–water partition coefficient (Wildman–Crippen LogP) is 2.19. The summed E-state index contributed by atoms with van der Waals surface area (Å²) in [5.74, 6) is -0.475. The second-order valence-electron chi connectivity index (χ2n) is 3.82. The highest BCUT2D eigenvalue weighted by molar-refractivity contribution is 9.10. The van der Waals surface area contributed by atoms with Crippen molar-refractivity contribution in [2.45, 2.75) is 0 Å². The van der Waals surface area contributed by atoms with Crippen molar-refractivity contribution < 1.29 is 10.0 Å². The molecule has 0 fully saturated rings. The molecule has 1 aromatic carbocycles. The predicted molar refractivity (Wildman–Crippen MR) is 78.8 cm³/mol. The van der Waals surface area contributed by atoms with Crippen molar-refractivity contribution in [3.05, 3.63) is 58.3 Å². The van der Waals surface area contributed by atoms with Gasteiger partial charge in [0, 0.05) is 16.2 Å². The maximum absolute atomic E-state index is 12.2. The summed E-state index contributed by atoms with van der Waals surface area (Å²) in [6.07, 6.45) is 1.52. The number of nitrogens with zero attached hydrogens (tertiary/aromatic N) is 2. The Morgan fingerprint density at radius 1 is 1.30 bits per heavy atom. The van der Waals surface area contributed by atoms with Crippen LogP contribution in [0.4, 0.5) is 5.69 Å². The molecule has 0 saturated heterocycles. The second-order valence-corrected chi connectivity index (χ2v) is 4.67. The average molecular weight is 335 g/mol. The number of halogens is 1. The van der Waals surface area contributed by atoms with Crippen LogP contribution in [0.5, 0.6) is 0 Å². The largest absolute Gasteiger partial charge is 0.409 e. The maximum atomic E-state index is 12.2. The van der Waals surface area contributed by atoms with Crippen LogP contribution in [0, 0.1) is 0 Å². The molecule has 0 aliphatic heterocycles. The molecule has 0 aliphatic rings. The summed E-state index contributed by atoms with van der Waals surface area (Å²) in [5.41, 5.74) is 6.68. The first-order valence-electron chi connectivity index (χ1n) is 5.62. The van der Waals surface area contributed by atoms with Crippen LogP contribution in [0.2, 0.25) is 0 Å². The van der Waals surface area contributed by atoms with Crippen LogP contribution in [0.15, 0.2) is 52.2 Å². The summed E-state index contributed by atoms with van der Waals surface area (Å²) in [4.78, 5) is 16.2. The topological polar surface area (TPSA) is 101 Å². The van der Waals surface area contributed by atoms with E-state index in [-0.39, 0.29) is 11.5 Å². The molecule has 4 N–H and O–H groups in total. The van der Waals surface area contributed by atoms with E-state index in [1.54, 1.807) is 36.4 Å². The van der Waals surface area contributed by atoms with Gasteiger partial charge in [0.25, 0.3) is 5.91 Å². The molecule has 6 nitrogen and oxygen atoms in total. The Morgan fingerprint density at radius 2 is 2.05 bits per heavy atom. The van der Waals surface area contributed by atoms with E-state index in [0.29, 0.717) is 15.7 Å². The Balaban J connectivity index is 2.32. The Morgan fingerprint density at radius 3 is 2.75 bits per heavy atom. The van der Waals surface area contributed by atoms with Gasteiger partial charge in [0.1, 0.15) is 5.69 Å². The Labute approximate surface area is 123 Å². The lowest BCUT2D eigenvalue weighted by molar-refractivity contribution is 0.102. The fourth-order valence-corrected chi connectivity index (χ4v) is 2.04. The highest BCUT2D eigenvalue weighted by atomic mass is 79.9. The first kappa shape index (κ1) is 14.0. The number of oxime groups is 1. The number of pyridine rings is 1. The molecule has 20 heavy (non-hydrogen) atoms. The quantitative estimate of drug-likeness (QED) is 0.346. The second kappa shape index (κ2) is 6.16. The van der Waals surface area contributed by atoms with Gasteiger partial charge >= 0.3 is 0 Å². The van der Waals surface area contributed by atoms with Crippen LogP contribution < -0.4 is 11.1 Å². The fourth-order valence-electron chi connectivity index (χ4n) is 1.60. The molecular formula is C13H11BrN4O2. The summed E-state index contributed by atoms with van der Waals surface area (Å²) in [5, 5.41) is 14.4. The third-order valence-corrected chi connectivity index (χ3v) is 3.17. The molecule has 1 heterocycles. The van der Waals surface area contributed by atoms with Crippen molar-refractivity contribution in [3.8, 4) is 0 Å². The van der Waals surface area contributed by atoms with E-state index in [2.05, 4.69) is 31.4 Å². The monoisotopic (exact) mass is 334 g/mol. The van der Waals surface area contributed by atoms with Crippen molar-refractivity contribution >= 4 is 33.4 Å². The highest BCUT2D eigenvalue weighted by Gasteiger charge is 2.14. The minimum absolute atomic E-state index is 0.0824. The van der Waals surface area contributed by atoms with Crippen LogP contribution in [-0.2, 0) is 0 Å². The first-order valence-corrected chi connectivity index (χ1v) is 6.41. The van der Waals surface area contributed by atoms with Crippen LogP contribution in [0.1, 0.15) is 16.1 Å². The van der Waals surface area contributed by atoms with E-state index in [9.17, 15) is 4.79 Å². The molecule has 0 saturated carbocycles. The molecule has 1 amide bonds. The number of nitrogens with two attached hydrogens (primary N) is 1. The van der Waals surface area contributed by atoms with Gasteiger partial charge in [-0.25, -0.2) is 4.98 Å². The number of hydrogen-bond acceptors (Lipinski definition) is 4. The lowest BCUT2D eigenvalue weighted by Gasteiger charge is -2.10. The van der Waals surface area contributed by atoms with Gasteiger partial charge in [0.05, 0.1) is 5.69 Å². The van der Waals surface area contributed by atoms with Gasteiger partial charge in [-0.3, -0.25) is 4.79 Å². The third kappa shape index (κ3) is 2.94. The van der Waals surface area contributed by atoms with Crippen LogP contribution in [0.25, 0.3) is 0 Å². The zero-order valence-electron chi connectivity index (χ0n) is 10.2. The fraction of sp³-hybridized carbons (Fsp3) is 0. The number of carbonyl (C=O) groups excluding carboxylic acids is 1. The van der Waals surface area contributed by atoms with Gasteiger partial charge in [0.15, 0.2) is 5.84 Å². The lowest BCUT2D eigenvalue weighted by Crippen LogP contribution is -2.20. The molecule has 102 valence electrons. The maximum Gasteiger partial charge on any atom is 0.275 e. The van der Waals surface area contributed by atoms with Gasteiger partial charge < -0.3 is 16.3 Å². The smallest absolute Gasteiger partial charge is 0.275 e. The molecule has 0 atom stereocenters. The number of amidine groups is 1. The molecule has 0 radical (unpaired) electrons. The number of aromatic nitrogens is 1. The number of benzene rings is 1. The summed E-state index contributed by atoms with van der Waals surface area (Å²) in [6.45, 7) is 0. The summed E-state index contributed by atoms with van der Waals surface area (Å²) >= 11 is 3.26. The van der Waals surface area contributed by atoms with E-state index >= 15 is 0 Å². The van der Waals surface area contributed by atoms with Gasteiger partial charge in [-0.15, -0.1) is 0 Å². The third-order valence-electron chi connectivity index (χ3n) is 2.53. The summed E-state index contributed by atoms with van der Waals surface area (Å²) < 4.78 is 0.582. The normalized spacial score (nSPS) is 11.2. The SMILES string of the molecule is N/C(=N/O)c1ccccc1NC(=O)c1ncccc1Br. The number of amides is 1. The van der Waals surface area contributed by atoms with Crippen LogP contribution in [-0.4, -0.2) is 21.9 Å². The van der Waals surface area contributed by atoms with Crippen molar-refractivity contribution in [1.29, 1.82) is 0 Å². The summed E-state index contributed by atoms with van der Waals surface area (Å²) in [7, 11) is 0. The van der Waals surface area contributed by atoms with E-state index < -0.39 is 5.91 Å². The molecule has 7 heteroatoms. The Bertz CT molecular complexity index is 673. The highest BCUT2D eigenvalue weighted by Crippen LogP contribution is 2.18. The molecule has 0 aliphatic carbocycles. The van der Waals surface area contributed by atoms with Gasteiger partial charge in [-0.05, 0) is 40.2 Å². The minimum Gasteiger partial charge on any atom is -0.409 e.